The first kappa shape index (κ1) is 11.6. The maximum atomic E-state index is 12.9. The van der Waals surface area contributed by atoms with E-state index in [9.17, 15) is 13.6 Å². The van der Waals surface area contributed by atoms with Crippen molar-refractivity contribution in [1.82, 2.24) is 5.32 Å². The Labute approximate surface area is 94.1 Å². The number of hydrogen-bond acceptors (Lipinski definition) is 1. The molecule has 0 bridgehead atoms. The van der Waals surface area contributed by atoms with Gasteiger partial charge < -0.3 is 5.32 Å². The van der Waals surface area contributed by atoms with Crippen LogP contribution >= 0.6 is 0 Å². The van der Waals surface area contributed by atoms with Crippen LogP contribution in [0, 0.1) is 5.92 Å². The van der Waals surface area contributed by atoms with Gasteiger partial charge in [-0.1, -0.05) is 12.2 Å². The van der Waals surface area contributed by atoms with Crippen molar-refractivity contribution in [3.05, 3.63) is 12.2 Å². The predicted octanol–water partition coefficient (Wildman–Crippen LogP) is 2.65. The van der Waals surface area contributed by atoms with Crippen molar-refractivity contribution < 1.29 is 13.6 Å². The molecule has 0 unspecified atom stereocenters. The zero-order valence-electron chi connectivity index (χ0n) is 9.22. The topological polar surface area (TPSA) is 29.1 Å². The summed E-state index contributed by atoms with van der Waals surface area (Å²) in [6, 6.07) is 0.0514. The van der Waals surface area contributed by atoms with E-state index in [4.69, 9.17) is 0 Å². The van der Waals surface area contributed by atoms with Crippen LogP contribution in [0.25, 0.3) is 0 Å². The van der Waals surface area contributed by atoms with Crippen LogP contribution in [0.5, 0.6) is 0 Å². The number of hydrogen-bond donors (Lipinski definition) is 1. The Morgan fingerprint density at radius 2 is 2.19 bits per heavy atom. The molecule has 0 aromatic carbocycles. The normalized spacial score (nSPS) is 32.6. The van der Waals surface area contributed by atoms with E-state index in [1.54, 1.807) is 0 Å². The largest absolute Gasteiger partial charge is 0.350 e. The minimum absolute atomic E-state index is 0.0514. The summed E-state index contributed by atoms with van der Waals surface area (Å²) < 4.78 is 25.9. The SMILES string of the molecule is O=C(N[C@H]1C=CCCC1)[C@@H]1CCC(F)(F)C1. The number of nitrogens with one attached hydrogen (secondary N) is 1. The maximum Gasteiger partial charge on any atom is 0.248 e. The molecular formula is C12H17F2NO. The highest BCUT2D eigenvalue weighted by Crippen LogP contribution is 2.38. The minimum Gasteiger partial charge on any atom is -0.350 e. The van der Waals surface area contributed by atoms with E-state index in [-0.39, 0.29) is 24.8 Å². The van der Waals surface area contributed by atoms with Gasteiger partial charge in [0.2, 0.25) is 11.8 Å². The summed E-state index contributed by atoms with van der Waals surface area (Å²) in [6.45, 7) is 0. The molecule has 1 N–H and O–H groups in total. The van der Waals surface area contributed by atoms with Gasteiger partial charge in [-0.05, 0) is 25.7 Å². The van der Waals surface area contributed by atoms with Crippen molar-refractivity contribution in [2.45, 2.75) is 50.5 Å². The van der Waals surface area contributed by atoms with Gasteiger partial charge in [0.05, 0.1) is 0 Å². The van der Waals surface area contributed by atoms with Gasteiger partial charge in [0, 0.05) is 24.8 Å². The van der Waals surface area contributed by atoms with E-state index in [0.29, 0.717) is 6.42 Å². The highest BCUT2D eigenvalue weighted by Gasteiger charge is 2.42. The number of halogens is 2. The Bertz CT molecular complexity index is 301. The average molecular weight is 229 g/mol. The summed E-state index contributed by atoms with van der Waals surface area (Å²) in [4.78, 5) is 11.7. The quantitative estimate of drug-likeness (QED) is 0.725. The maximum absolute atomic E-state index is 12.9. The second-order valence-electron chi connectivity index (χ2n) is 4.77. The highest BCUT2D eigenvalue weighted by molar-refractivity contribution is 5.79. The van der Waals surface area contributed by atoms with Gasteiger partial charge in [0.15, 0.2) is 0 Å². The Morgan fingerprint density at radius 3 is 2.75 bits per heavy atom. The zero-order chi connectivity index (χ0) is 11.6. The van der Waals surface area contributed by atoms with Crippen LogP contribution in [0.3, 0.4) is 0 Å². The number of carbonyl (C=O) groups excluding carboxylic acids is 1. The molecule has 2 rings (SSSR count). The molecule has 1 amide bonds. The lowest BCUT2D eigenvalue weighted by atomic mass is 10.0. The Morgan fingerprint density at radius 1 is 1.38 bits per heavy atom. The summed E-state index contributed by atoms with van der Waals surface area (Å²) in [5, 5.41) is 2.84. The molecule has 0 saturated heterocycles. The lowest BCUT2D eigenvalue weighted by Crippen LogP contribution is -2.38. The first-order valence-electron chi connectivity index (χ1n) is 5.92. The van der Waals surface area contributed by atoms with E-state index in [1.165, 1.54) is 0 Å². The van der Waals surface area contributed by atoms with Crippen molar-refractivity contribution in [2.24, 2.45) is 5.92 Å². The summed E-state index contributed by atoms with van der Waals surface area (Å²) in [5.74, 6) is -3.33. The third-order valence-electron chi connectivity index (χ3n) is 3.36. The molecule has 16 heavy (non-hydrogen) atoms. The van der Waals surface area contributed by atoms with Crippen molar-refractivity contribution in [3.8, 4) is 0 Å². The van der Waals surface area contributed by atoms with Gasteiger partial charge in [-0.25, -0.2) is 8.78 Å². The van der Waals surface area contributed by atoms with E-state index >= 15 is 0 Å². The molecular weight excluding hydrogens is 212 g/mol. The van der Waals surface area contributed by atoms with Crippen LogP contribution in [-0.2, 0) is 4.79 Å². The number of rotatable bonds is 2. The highest BCUT2D eigenvalue weighted by atomic mass is 19.3. The van der Waals surface area contributed by atoms with E-state index in [0.717, 1.165) is 19.3 Å². The van der Waals surface area contributed by atoms with Crippen molar-refractivity contribution >= 4 is 5.91 Å². The van der Waals surface area contributed by atoms with Crippen LogP contribution in [-0.4, -0.2) is 17.9 Å². The van der Waals surface area contributed by atoms with Gasteiger partial charge >= 0.3 is 0 Å². The second-order valence-corrected chi connectivity index (χ2v) is 4.77. The molecule has 2 aliphatic carbocycles. The average Bonchev–Trinajstić information content (AvgIpc) is 2.60. The first-order chi connectivity index (χ1) is 7.57. The molecule has 2 nitrogen and oxygen atoms in total. The predicted molar refractivity (Wildman–Crippen MR) is 57.2 cm³/mol. The Balaban J connectivity index is 1.84. The zero-order valence-corrected chi connectivity index (χ0v) is 9.22. The van der Waals surface area contributed by atoms with Gasteiger partial charge in [0.25, 0.3) is 0 Å². The van der Waals surface area contributed by atoms with Gasteiger partial charge in [-0.3, -0.25) is 4.79 Å². The van der Waals surface area contributed by atoms with Gasteiger partial charge in [-0.15, -0.1) is 0 Å². The molecule has 0 spiro atoms. The van der Waals surface area contributed by atoms with Gasteiger partial charge in [-0.2, -0.15) is 0 Å². The molecule has 2 aliphatic rings. The van der Waals surface area contributed by atoms with E-state index < -0.39 is 11.8 Å². The molecule has 2 atom stereocenters. The molecule has 0 radical (unpaired) electrons. The third-order valence-corrected chi connectivity index (χ3v) is 3.36. The van der Waals surface area contributed by atoms with Crippen molar-refractivity contribution in [1.29, 1.82) is 0 Å². The van der Waals surface area contributed by atoms with Crippen molar-refractivity contribution in [3.63, 3.8) is 0 Å². The molecule has 90 valence electrons. The molecule has 0 aromatic heterocycles. The van der Waals surface area contributed by atoms with E-state index in [2.05, 4.69) is 5.32 Å². The summed E-state index contributed by atoms with van der Waals surface area (Å²) in [5.41, 5.74) is 0. The van der Waals surface area contributed by atoms with Crippen LogP contribution in [0.1, 0.15) is 38.5 Å². The molecule has 1 saturated carbocycles. The second kappa shape index (κ2) is 4.52. The Kier molecular flexibility index (Phi) is 3.26. The molecule has 4 heteroatoms. The molecule has 0 aliphatic heterocycles. The fraction of sp³-hybridized carbons (Fsp3) is 0.750. The summed E-state index contributed by atoms with van der Waals surface area (Å²) in [6.07, 6.45) is 6.92. The number of alkyl halides is 2. The third kappa shape index (κ3) is 2.80. The van der Waals surface area contributed by atoms with Crippen LogP contribution < -0.4 is 5.32 Å². The van der Waals surface area contributed by atoms with Gasteiger partial charge in [0.1, 0.15) is 0 Å². The standard InChI is InChI=1S/C12H17F2NO/c13-12(14)7-6-9(8-12)11(16)15-10-4-2-1-3-5-10/h2,4,9-10H,1,3,5-8H2,(H,15,16)/t9-,10+/m1/s1. The fourth-order valence-corrected chi connectivity index (χ4v) is 2.41. The Hall–Kier alpha value is -0.930. The van der Waals surface area contributed by atoms with Crippen molar-refractivity contribution in [2.75, 3.05) is 0 Å². The minimum atomic E-state index is -2.63. The summed E-state index contributed by atoms with van der Waals surface area (Å²) in [7, 11) is 0. The van der Waals surface area contributed by atoms with Crippen LogP contribution in [0.4, 0.5) is 8.78 Å². The number of allylic oxidation sites excluding steroid dienone is 1. The smallest absolute Gasteiger partial charge is 0.248 e. The van der Waals surface area contributed by atoms with Crippen LogP contribution in [0.2, 0.25) is 0 Å². The monoisotopic (exact) mass is 229 g/mol. The molecule has 0 aromatic rings. The first-order valence-corrected chi connectivity index (χ1v) is 5.92. The summed E-state index contributed by atoms with van der Waals surface area (Å²) >= 11 is 0. The number of amides is 1. The van der Waals surface area contributed by atoms with Crippen LogP contribution in [0.15, 0.2) is 12.2 Å². The molecule has 0 heterocycles. The van der Waals surface area contributed by atoms with E-state index in [1.807, 2.05) is 12.2 Å². The lowest BCUT2D eigenvalue weighted by molar-refractivity contribution is -0.126. The molecule has 1 fully saturated rings. The fourth-order valence-electron chi connectivity index (χ4n) is 2.41. The number of carbonyl (C=O) groups is 1. The lowest BCUT2D eigenvalue weighted by Gasteiger charge is -2.20.